The maximum Gasteiger partial charge on any atom is 0.306 e. The SMILES string of the molecule is CC(=O)O.CCCCCCCC(=O)CC[C@H]1[C@H](CI)CC(=O)[C@@H]1CC=CCCCC(=O)OC(C)C.CCCCCCCOCCOCC[C@H]1[C@H](CI)CC(=O)[C@@H]1CC=CCCCC(=O)OC(C)C.O. The van der Waals surface area contributed by atoms with Crippen LogP contribution < -0.4 is 0 Å². The number of carbonyl (C=O) groups is 6. The number of ether oxygens (including phenoxy) is 4. The molecule has 14 heteroatoms. The third-order valence-corrected chi connectivity index (χ3v) is 14.7. The highest BCUT2D eigenvalue weighted by Crippen LogP contribution is 2.41. The lowest BCUT2D eigenvalue weighted by Gasteiger charge is -2.22. The van der Waals surface area contributed by atoms with Crippen molar-refractivity contribution in [3.8, 4) is 0 Å². The largest absolute Gasteiger partial charge is 0.481 e. The second kappa shape index (κ2) is 46.1. The second-order valence-electron chi connectivity index (χ2n) is 19.2. The smallest absolute Gasteiger partial charge is 0.306 e. The molecule has 12 nitrogen and oxygen atoms in total. The van der Waals surface area contributed by atoms with Crippen molar-refractivity contribution < 1.29 is 58.3 Å². The van der Waals surface area contributed by atoms with E-state index in [1.807, 2.05) is 27.7 Å². The normalized spacial score (nSPS) is 19.9. The van der Waals surface area contributed by atoms with Crippen LogP contribution in [-0.2, 0) is 47.7 Å². The number of allylic oxidation sites excluding steroid dienone is 4. The van der Waals surface area contributed by atoms with E-state index in [2.05, 4.69) is 83.3 Å². The molecule has 0 unspecified atom stereocenters. The van der Waals surface area contributed by atoms with Crippen molar-refractivity contribution >= 4 is 80.4 Å². The predicted molar refractivity (Wildman–Crippen MR) is 295 cm³/mol. The van der Waals surface area contributed by atoms with E-state index in [9.17, 15) is 24.0 Å². The monoisotopic (exact) mass is 1200 g/mol. The number of alkyl halides is 2. The Balaban J connectivity index is 0. The fraction of sp³-hybridized carbons (Fsp3) is 0.818. The standard InChI is InChI=1S/C27H47IO5.C26H43IO4.C2H4O2.H2O/c1-4-5-6-9-12-16-31-18-19-32-17-15-24-23(21-28)20-26(29)25(24)13-10-7-8-11-14-27(30)33-22(2)3;1-4-5-6-7-10-13-22(28)16-17-23-21(19-27)18-25(29)24(23)14-11-8-9-12-15-26(30)31-20(2)3;1-2(3)4;/h7,10,22-25H,4-6,8-9,11-21H2,1-3H3;8,11,20-21,23-24H,4-7,9-10,12-19H2,1-3H3;1H3,(H,3,4);1H2/t23-,24-,25+;21-,23-,24+;;/m00../s1. The van der Waals surface area contributed by atoms with Crippen LogP contribution in [0.2, 0.25) is 0 Å². The maximum absolute atomic E-state index is 12.6. The van der Waals surface area contributed by atoms with Gasteiger partial charge in [-0.3, -0.25) is 28.8 Å². The molecule has 0 aromatic rings. The van der Waals surface area contributed by atoms with E-state index in [0.717, 1.165) is 93.0 Å². The van der Waals surface area contributed by atoms with Crippen molar-refractivity contribution in [3.63, 3.8) is 0 Å². The minimum absolute atomic E-state index is 0. The van der Waals surface area contributed by atoms with Gasteiger partial charge in [0, 0.05) is 79.4 Å². The van der Waals surface area contributed by atoms with Crippen LogP contribution in [0.15, 0.2) is 24.3 Å². The third kappa shape index (κ3) is 37.6. The number of Topliss-reactive ketones (excluding diaryl/α,β-unsaturated/α-hetero) is 3. The van der Waals surface area contributed by atoms with Gasteiger partial charge >= 0.3 is 11.9 Å². The van der Waals surface area contributed by atoms with E-state index in [1.165, 1.54) is 44.9 Å². The van der Waals surface area contributed by atoms with Gasteiger partial charge in [0.05, 0.1) is 25.4 Å². The number of aliphatic carboxylic acids is 1. The van der Waals surface area contributed by atoms with Crippen molar-refractivity contribution in [2.24, 2.45) is 35.5 Å². The van der Waals surface area contributed by atoms with Crippen molar-refractivity contribution in [1.82, 2.24) is 0 Å². The minimum atomic E-state index is -0.833. The van der Waals surface area contributed by atoms with Crippen LogP contribution in [0.25, 0.3) is 0 Å². The average molecular weight is 1200 g/mol. The summed E-state index contributed by atoms with van der Waals surface area (Å²) in [6.07, 6.45) is 30.6. The molecule has 0 aromatic heterocycles. The number of carbonyl (C=O) groups excluding carboxylic acids is 5. The zero-order valence-corrected chi connectivity index (χ0v) is 48.2. The van der Waals surface area contributed by atoms with E-state index < -0.39 is 5.97 Å². The van der Waals surface area contributed by atoms with Gasteiger partial charge in [-0.05, 0) is 116 Å². The first-order valence-electron chi connectivity index (χ1n) is 26.3. The maximum atomic E-state index is 12.6. The van der Waals surface area contributed by atoms with Crippen molar-refractivity contribution in [1.29, 1.82) is 0 Å². The van der Waals surface area contributed by atoms with E-state index in [-0.39, 0.29) is 41.5 Å². The fourth-order valence-electron chi connectivity index (χ4n) is 8.90. The summed E-state index contributed by atoms with van der Waals surface area (Å²) < 4.78 is 23.8. The van der Waals surface area contributed by atoms with Gasteiger partial charge < -0.3 is 29.5 Å². The van der Waals surface area contributed by atoms with Crippen LogP contribution in [0.3, 0.4) is 0 Å². The Kier molecular flexibility index (Phi) is 46.3. The quantitative estimate of drug-likeness (QED) is 0.0205. The van der Waals surface area contributed by atoms with Crippen LogP contribution in [-0.4, -0.2) is 93.3 Å². The molecule has 0 aromatic carbocycles. The Labute approximate surface area is 445 Å². The highest BCUT2D eigenvalue weighted by atomic mass is 127. The number of halogens is 2. The molecule has 0 radical (unpaired) electrons. The fourth-order valence-corrected chi connectivity index (χ4v) is 10.8. The number of hydrogen-bond donors (Lipinski definition) is 1. The lowest BCUT2D eigenvalue weighted by Crippen LogP contribution is -2.20. The second-order valence-corrected chi connectivity index (χ2v) is 20.9. The lowest BCUT2D eigenvalue weighted by molar-refractivity contribution is -0.148. The first-order chi connectivity index (χ1) is 32.6. The van der Waals surface area contributed by atoms with Gasteiger partial charge in [0.2, 0.25) is 0 Å². The molecular formula is C55H96I2O12. The van der Waals surface area contributed by atoms with Crippen LogP contribution in [0.5, 0.6) is 0 Å². The number of unbranched alkanes of at least 4 members (excludes halogenated alkanes) is 10. The van der Waals surface area contributed by atoms with Gasteiger partial charge in [0.15, 0.2) is 0 Å². The molecule has 0 bridgehead atoms. The minimum Gasteiger partial charge on any atom is -0.481 e. The predicted octanol–water partition coefficient (Wildman–Crippen LogP) is 13.0. The zero-order valence-electron chi connectivity index (χ0n) is 43.9. The van der Waals surface area contributed by atoms with E-state index in [4.69, 9.17) is 28.8 Å². The lowest BCUT2D eigenvalue weighted by atomic mass is 9.83. The molecule has 2 rings (SSSR count). The van der Waals surface area contributed by atoms with Gasteiger partial charge in [-0.25, -0.2) is 0 Å². The molecular weight excluding hydrogens is 1110 g/mol. The summed E-state index contributed by atoms with van der Waals surface area (Å²) in [6.45, 7) is 15.8. The van der Waals surface area contributed by atoms with Crippen LogP contribution in [0, 0.1) is 35.5 Å². The van der Waals surface area contributed by atoms with Gasteiger partial charge in [-0.2, -0.15) is 0 Å². The van der Waals surface area contributed by atoms with Gasteiger partial charge in [0.1, 0.15) is 17.3 Å². The third-order valence-electron chi connectivity index (χ3n) is 12.4. The average Bonchev–Trinajstić information content (AvgIpc) is 3.76. The molecule has 0 saturated heterocycles. The zero-order chi connectivity index (χ0) is 51.0. The van der Waals surface area contributed by atoms with Crippen LogP contribution >= 0.6 is 45.2 Å². The van der Waals surface area contributed by atoms with Gasteiger partial charge in [-0.1, -0.05) is 135 Å². The molecule has 3 N–H and O–H groups in total. The molecule has 69 heavy (non-hydrogen) atoms. The Bertz CT molecular complexity index is 1410. The van der Waals surface area contributed by atoms with E-state index in [1.54, 1.807) is 0 Å². The van der Waals surface area contributed by atoms with Crippen LogP contribution in [0.1, 0.15) is 203 Å². The molecule has 0 spiro atoms. The summed E-state index contributed by atoms with van der Waals surface area (Å²) in [5.74, 6) is 1.79. The Morgan fingerprint density at radius 2 is 1.00 bits per heavy atom. The summed E-state index contributed by atoms with van der Waals surface area (Å²) >= 11 is 4.80. The first kappa shape index (κ1) is 69.3. The molecule has 402 valence electrons. The number of esters is 2. The number of carboxylic acids is 1. The first-order valence-corrected chi connectivity index (χ1v) is 29.4. The summed E-state index contributed by atoms with van der Waals surface area (Å²) in [7, 11) is 0. The van der Waals surface area contributed by atoms with E-state index >= 15 is 0 Å². The summed E-state index contributed by atoms with van der Waals surface area (Å²) in [6, 6.07) is 0. The molecule has 2 aliphatic rings. The molecule has 6 atom stereocenters. The molecule has 0 amide bonds. The molecule has 2 fully saturated rings. The Morgan fingerprint density at radius 3 is 1.43 bits per heavy atom. The molecule has 2 saturated carbocycles. The number of carboxylic acid groups (broad SMARTS) is 1. The van der Waals surface area contributed by atoms with Gasteiger partial charge in [-0.15, -0.1) is 0 Å². The van der Waals surface area contributed by atoms with Crippen LogP contribution in [0.4, 0.5) is 0 Å². The summed E-state index contributed by atoms with van der Waals surface area (Å²) in [5, 5.41) is 7.42. The van der Waals surface area contributed by atoms with Crippen molar-refractivity contribution in [3.05, 3.63) is 24.3 Å². The highest BCUT2D eigenvalue weighted by Gasteiger charge is 2.41. The highest BCUT2D eigenvalue weighted by molar-refractivity contribution is 14.1. The Morgan fingerprint density at radius 1 is 0.580 bits per heavy atom. The van der Waals surface area contributed by atoms with E-state index in [0.29, 0.717) is 99.4 Å². The van der Waals surface area contributed by atoms with Gasteiger partial charge in [0.25, 0.3) is 5.97 Å². The topological polar surface area (TPSA) is 191 Å². The molecule has 2 aliphatic carbocycles. The summed E-state index contributed by atoms with van der Waals surface area (Å²) in [5.41, 5.74) is 0. The summed E-state index contributed by atoms with van der Waals surface area (Å²) in [4.78, 5) is 69.7. The number of rotatable bonds is 37. The van der Waals surface area contributed by atoms with Crippen molar-refractivity contribution in [2.75, 3.05) is 35.3 Å². The molecule has 0 heterocycles. The molecule has 0 aliphatic heterocycles. The Hall–Kier alpha value is -1.76. The van der Waals surface area contributed by atoms with Crippen molar-refractivity contribution in [2.45, 2.75) is 215 Å². The number of ketones is 3. The number of hydrogen-bond acceptors (Lipinski definition) is 10.